The summed E-state index contributed by atoms with van der Waals surface area (Å²) in [4.78, 5) is 17.2. The van der Waals surface area contributed by atoms with Gasteiger partial charge in [0.05, 0.1) is 20.1 Å². The van der Waals surface area contributed by atoms with Gasteiger partial charge in [-0.1, -0.05) is 46.7 Å². The number of fused-ring (bicyclic) bond motifs is 1. The fourth-order valence-corrected chi connectivity index (χ4v) is 5.26. The average Bonchev–Trinajstić information content (AvgIpc) is 3.16. The highest BCUT2D eigenvalue weighted by Gasteiger charge is 2.16. The molecule has 4 rings (SSSR count). The number of aromatic nitrogens is 1. The van der Waals surface area contributed by atoms with E-state index >= 15 is 0 Å². The van der Waals surface area contributed by atoms with E-state index in [1.54, 1.807) is 24.3 Å². The van der Waals surface area contributed by atoms with Crippen molar-refractivity contribution in [3.8, 4) is 0 Å². The molecule has 0 aliphatic rings. The molecule has 1 aromatic heterocycles. The minimum Gasteiger partial charge on any atom is -0.298 e. The van der Waals surface area contributed by atoms with Crippen LogP contribution < -0.4 is 10.0 Å². The van der Waals surface area contributed by atoms with Crippen molar-refractivity contribution in [2.24, 2.45) is 0 Å². The Morgan fingerprint density at radius 1 is 1.03 bits per heavy atom. The molecule has 0 fully saturated rings. The van der Waals surface area contributed by atoms with Crippen LogP contribution in [-0.2, 0) is 10.0 Å². The molecular weight excluding hydrogens is 477 g/mol. The molecule has 0 atom stereocenters. The molecule has 0 aliphatic carbocycles. The number of thiazole rings is 1. The number of carbonyl (C=O) groups excluding carboxylic acids is 1. The number of sulfonamides is 1. The molecule has 0 saturated carbocycles. The lowest BCUT2D eigenvalue weighted by Crippen LogP contribution is -2.15. The number of carbonyl (C=O) groups is 1. The third-order valence-corrected chi connectivity index (χ3v) is 7.50. The minimum absolute atomic E-state index is 0.0634. The number of halogens is 2. The monoisotopic (exact) mass is 491 g/mol. The van der Waals surface area contributed by atoms with E-state index in [1.807, 2.05) is 13.0 Å². The number of anilines is 2. The quantitative estimate of drug-likeness (QED) is 0.360. The molecule has 2 N–H and O–H groups in total. The van der Waals surface area contributed by atoms with Gasteiger partial charge in [0.25, 0.3) is 15.9 Å². The van der Waals surface area contributed by atoms with E-state index in [-0.39, 0.29) is 16.1 Å². The first-order valence-electron chi connectivity index (χ1n) is 8.98. The van der Waals surface area contributed by atoms with Gasteiger partial charge < -0.3 is 0 Å². The number of aryl methyl sites for hydroxylation is 1. The van der Waals surface area contributed by atoms with E-state index < -0.39 is 15.9 Å². The summed E-state index contributed by atoms with van der Waals surface area (Å²) < 4.78 is 28.4. The molecule has 1 amide bonds. The molecule has 1 heterocycles. The van der Waals surface area contributed by atoms with Crippen molar-refractivity contribution >= 4 is 71.5 Å². The lowest BCUT2D eigenvalue weighted by molar-refractivity contribution is 0.102. The zero-order chi connectivity index (χ0) is 22.2. The zero-order valence-electron chi connectivity index (χ0n) is 16.0. The maximum absolute atomic E-state index is 12.7. The van der Waals surface area contributed by atoms with Crippen molar-refractivity contribution in [1.82, 2.24) is 4.98 Å². The third-order valence-electron chi connectivity index (χ3n) is 4.42. The van der Waals surface area contributed by atoms with E-state index in [1.165, 1.54) is 41.7 Å². The van der Waals surface area contributed by atoms with E-state index in [4.69, 9.17) is 23.2 Å². The average molecular weight is 492 g/mol. The second kappa shape index (κ2) is 8.47. The molecule has 6 nitrogen and oxygen atoms in total. The fourth-order valence-electron chi connectivity index (χ4n) is 2.88. The van der Waals surface area contributed by atoms with Crippen LogP contribution in [0.3, 0.4) is 0 Å². The summed E-state index contributed by atoms with van der Waals surface area (Å²) in [6.07, 6.45) is 0. The minimum atomic E-state index is -3.82. The Morgan fingerprint density at radius 2 is 1.77 bits per heavy atom. The van der Waals surface area contributed by atoms with Crippen LogP contribution in [0.25, 0.3) is 10.2 Å². The molecule has 3 aromatic carbocycles. The zero-order valence-corrected chi connectivity index (χ0v) is 19.2. The van der Waals surface area contributed by atoms with Crippen LogP contribution in [0.2, 0.25) is 10.0 Å². The Hall–Kier alpha value is -2.65. The standard InChI is InChI=1S/C21H15Cl2N3O3S2/c1-12-5-10-17(23)19-18(12)24-21(30-19)25-20(27)13-3-2-4-15(11-13)26-31(28,29)16-8-6-14(22)7-9-16/h2-11,26H,1H3,(H,24,25,27). The molecule has 31 heavy (non-hydrogen) atoms. The van der Waals surface area contributed by atoms with Gasteiger partial charge in [-0.15, -0.1) is 0 Å². The Balaban J connectivity index is 1.55. The van der Waals surface area contributed by atoms with Crippen LogP contribution in [0.1, 0.15) is 15.9 Å². The van der Waals surface area contributed by atoms with Crippen molar-refractivity contribution in [1.29, 1.82) is 0 Å². The van der Waals surface area contributed by atoms with Crippen LogP contribution in [-0.4, -0.2) is 19.3 Å². The number of nitrogens with one attached hydrogen (secondary N) is 2. The smallest absolute Gasteiger partial charge is 0.261 e. The summed E-state index contributed by atoms with van der Waals surface area (Å²) in [6, 6.07) is 15.6. The molecular formula is C21H15Cl2N3O3S2. The highest BCUT2D eigenvalue weighted by molar-refractivity contribution is 7.92. The predicted molar refractivity (Wildman–Crippen MR) is 126 cm³/mol. The Kier molecular flexibility index (Phi) is 5.90. The van der Waals surface area contributed by atoms with Crippen LogP contribution in [0, 0.1) is 6.92 Å². The first-order valence-corrected chi connectivity index (χ1v) is 12.0. The summed E-state index contributed by atoms with van der Waals surface area (Å²) in [5.74, 6) is -0.416. The van der Waals surface area contributed by atoms with Gasteiger partial charge in [0.1, 0.15) is 0 Å². The van der Waals surface area contributed by atoms with Gasteiger partial charge >= 0.3 is 0 Å². The van der Waals surface area contributed by atoms with Crippen LogP contribution in [0.4, 0.5) is 10.8 Å². The molecule has 158 valence electrons. The second-order valence-electron chi connectivity index (χ2n) is 6.66. The highest BCUT2D eigenvalue weighted by atomic mass is 35.5. The normalized spacial score (nSPS) is 11.5. The van der Waals surface area contributed by atoms with Crippen molar-refractivity contribution in [2.75, 3.05) is 10.0 Å². The highest BCUT2D eigenvalue weighted by Crippen LogP contribution is 2.34. The lowest BCUT2D eigenvalue weighted by atomic mass is 10.2. The van der Waals surface area contributed by atoms with E-state index in [9.17, 15) is 13.2 Å². The topological polar surface area (TPSA) is 88.2 Å². The molecule has 0 spiro atoms. The predicted octanol–water partition coefficient (Wildman–Crippen LogP) is 5.96. The van der Waals surface area contributed by atoms with Crippen LogP contribution >= 0.6 is 34.5 Å². The molecule has 4 aromatic rings. The number of nitrogens with zero attached hydrogens (tertiary/aromatic N) is 1. The van der Waals surface area contributed by atoms with E-state index in [2.05, 4.69) is 15.0 Å². The maximum atomic E-state index is 12.7. The molecule has 0 bridgehead atoms. The SMILES string of the molecule is Cc1ccc(Cl)c2sc(NC(=O)c3cccc(NS(=O)(=O)c4ccc(Cl)cc4)c3)nc12. The Morgan fingerprint density at radius 3 is 2.48 bits per heavy atom. The largest absolute Gasteiger partial charge is 0.298 e. The molecule has 0 unspecified atom stereocenters. The first kappa shape index (κ1) is 21.6. The summed E-state index contributed by atoms with van der Waals surface area (Å²) in [6.45, 7) is 1.92. The number of rotatable bonds is 5. The van der Waals surface area contributed by atoms with Crippen molar-refractivity contribution < 1.29 is 13.2 Å². The second-order valence-corrected chi connectivity index (χ2v) is 10.2. The fraction of sp³-hybridized carbons (Fsp3) is 0.0476. The number of hydrogen-bond donors (Lipinski definition) is 2. The van der Waals surface area contributed by atoms with Gasteiger partial charge in [-0.2, -0.15) is 0 Å². The Labute approximate surface area is 192 Å². The molecule has 0 radical (unpaired) electrons. The molecule has 0 aliphatic heterocycles. The number of amides is 1. The maximum Gasteiger partial charge on any atom is 0.261 e. The Bertz CT molecular complexity index is 1360. The summed E-state index contributed by atoms with van der Waals surface area (Å²) >= 11 is 13.3. The van der Waals surface area contributed by atoms with Gasteiger partial charge in [0, 0.05) is 16.3 Å². The summed E-state index contributed by atoms with van der Waals surface area (Å²) in [7, 11) is -3.82. The number of benzene rings is 3. The van der Waals surface area contributed by atoms with E-state index in [0.29, 0.717) is 15.2 Å². The lowest BCUT2D eigenvalue weighted by Gasteiger charge is -2.09. The molecule has 10 heteroatoms. The van der Waals surface area contributed by atoms with Gasteiger partial charge in [-0.3, -0.25) is 14.8 Å². The summed E-state index contributed by atoms with van der Waals surface area (Å²) in [5.41, 5.74) is 2.22. The summed E-state index contributed by atoms with van der Waals surface area (Å²) in [5, 5.41) is 4.15. The van der Waals surface area contributed by atoms with Gasteiger partial charge in [-0.05, 0) is 61.0 Å². The van der Waals surface area contributed by atoms with Crippen LogP contribution in [0.15, 0.2) is 65.6 Å². The van der Waals surface area contributed by atoms with Crippen molar-refractivity contribution in [3.05, 3.63) is 81.8 Å². The van der Waals surface area contributed by atoms with Crippen LogP contribution in [0.5, 0.6) is 0 Å². The third kappa shape index (κ3) is 4.67. The van der Waals surface area contributed by atoms with Gasteiger partial charge in [-0.25, -0.2) is 13.4 Å². The van der Waals surface area contributed by atoms with Crippen molar-refractivity contribution in [3.63, 3.8) is 0 Å². The van der Waals surface area contributed by atoms with Gasteiger partial charge in [0.15, 0.2) is 5.13 Å². The first-order chi connectivity index (χ1) is 14.7. The van der Waals surface area contributed by atoms with E-state index in [0.717, 1.165) is 15.8 Å². The molecule has 0 saturated heterocycles. The van der Waals surface area contributed by atoms with Gasteiger partial charge in [0.2, 0.25) is 0 Å². The van der Waals surface area contributed by atoms with Crippen molar-refractivity contribution in [2.45, 2.75) is 11.8 Å². The number of hydrogen-bond acceptors (Lipinski definition) is 5.